The standard InChI is InChI=1S/C22H21N3O3/c1-16-5-3-6-17(13-16)15-28-21-19(7-4-8-20(21)27-2)14-24-25-22(26)18-9-11-23-12-10-18/h3-14H,15H2,1-2H3,(H,25,26)/b24-14-. The molecule has 0 bridgehead atoms. The summed E-state index contributed by atoms with van der Waals surface area (Å²) in [7, 11) is 1.58. The summed E-state index contributed by atoms with van der Waals surface area (Å²) in [5, 5.41) is 4.04. The quantitative estimate of drug-likeness (QED) is 0.504. The van der Waals surface area contributed by atoms with Gasteiger partial charge in [0.1, 0.15) is 6.61 Å². The maximum Gasteiger partial charge on any atom is 0.271 e. The highest BCUT2D eigenvalue weighted by molar-refractivity contribution is 5.95. The number of methoxy groups -OCH3 is 1. The smallest absolute Gasteiger partial charge is 0.271 e. The SMILES string of the molecule is COc1cccc(/C=N\NC(=O)c2ccncc2)c1OCc1cccc(C)c1. The molecule has 0 radical (unpaired) electrons. The number of carbonyl (C=O) groups excluding carboxylic acids is 1. The highest BCUT2D eigenvalue weighted by Gasteiger charge is 2.10. The van der Waals surface area contributed by atoms with Crippen molar-refractivity contribution in [2.75, 3.05) is 7.11 Å². The summed E-state index contributed by atoms with van der Waals surface area (Å²) in [4.78, 5) is 16.0. The second-order valence-electron chi connectivity index (χ2n) is 6.09. The van der Waals surface area contributed by atoms with Crippen LogP contribution in [-0.2, 0) is 6.61 Å². The number of para-hydroxylation sites is 1. The van der Waals surface area contributed by atoms with Crippen molar-refractivity contribution in [3.05, 3.63) is 89.2 Å². The molecule has 0 fully saturated rings. The van der Waals surface area contributed by atoms with Crippen LogP contribution < -0.4 is 14.9 Å². The zero-order valence-corrected chi connectivity index (χ0v) is 15.8. The number of benzene rings is 2. The van der Waals surface area contributed by atoms with Crippen molar-refractivity contribution in [2.45, 2.75) is 13.5 Å². The number of rotatable bonds is 7. The van der Waals surface area contributed by atoms with E-state index in [1.807, 2.05) is 43.3 Å². The molecule has 1 N–H and O–H groups in total. The van der Waals surface area contributed by atoms with E-state index in [4.69, 9.17) is 9.47 Å². The molecule has 142 valence electrons. The van der Waals surface area contributed by atoms with Crippen LogP contribution in [0.3, 0.4) is 0 Å². The molecule has 0 saturated heterocycles. The van der Waals surface area contributed by atoms with Crippen LogP contribution in [0.4, 0.5) is 0 Å². The highest BCUT2D eigenvalue weighted by atomic mass is 16.5. The van der Waals surface area contributed by atoms with E-state index in [0.29, 0.717) is 29.2 Å². The Bertz CT molecular complexity index is 972. The lowest BCUT2D eigenvalue weighted by molar-refractivity contribution is 0.0955. The fourth-order valence-corrected chi connectivity index (χ4v) is 2.64. The van der Waals surface area contributed by atoms with Gasteiger partial charge in [0.05, 0.1) is 13.3 Å². The first kappa shape index (κ1) is 19.1. The van der Waals surface area contributed by atoms with Gasteiger partial charge in [-0.15, -0.1) is 0 Å². The third-order valence-corrected chi connectivity index (χ3v) is 4.01. The van der Waals surface area contributed by atoms with E-state index in [2.05, 4.69) is 21.6 Å². The summed E-state index contributed by atoms with van der Waals surface area (Å²) >= 11 is 0. The van der Waals surface area contributed by atoms with Crippen molar-refractivity contribution in [1.82, 2.24) is 10.4 Å². The van der Waals surface area contributed by atoms with Gasteiger partial charge in [0.15, 0.2) is 11.5 Å². The molecule has 28 heavy (non-hydrogen) atoms. The number of nitrogens with one attached hydrogen (secondary N) is 1. The third kappa shape index (κ3) is 4.94. The fourth-order valence-electron chi connectivity index (χ4n) is 2.64. The average molecular weight is 375 g/mol. The number of hydrazone groups is 1. The molecule has 0 aliphatic heterocycles. The van der Waals surface area contributed by atoms with Crippen molar-refractivity contribution in [2.24, 2.45) is 5.10 Å². The van der Waals surface area contributed by atoms with Gasteiger partial charge in [-0.25, -0.2) is 5.43 Å². The van der Waals surface area contributed by atoms with E-state index in [1.165, 1.54) is 11.8 Å². The third-order valence-electron chi connectivity index (χ3n) is 4.01. The number of aromatic nitrogens is 1. The Balaban J connectivity index is 1.74. The van der Waals surface area contributed by atoms with Crippen molar-refractivity contribution >= 4 is 12.1 Å². The summed E-state index contributed by atoms with van der Waals surface area (Å²) in [6.07, 6.45) is 4.64. The molecule has 6 heteroatoms. The maximum atomic E-state index is 12.1. The minimum Gasteiger partial charge on any atom is -0.493 e. The Labute approximate surface area is 163 Å². The number of ether oxygens (including phenoxy) is 2. The summed E-state index contributed by atoms with van der Waals surface area (Å²) in [5.74, 6) is 0.842. The van der Waals surface area contributed by atoms with Crippen molar-refractivity contribution < 1.29 is 14.3 Å². The van der Waals surface area contributed by atoms with Gasteiger partial charge in [-0.05, 0) is 36.8 Å². The van der Waals surface area contributed by atoms with Crippen LogP contribution in [0.15, 0.2) is 72.1 Å². The van der Waals surface area contributed by atoms with Gasteiger partial charge in [0.25, 0.3) is 5.91 Å². The van der Waals surface area contributed by atoms with Crippen molar-refractivity contribution in [3.8, 4) is 11.5 Å². The first-order valence-corrected chi connectivity index (χ1v) is 8.76. The molecule has 1 amide bonds. The lowest BCUT2D eigenvalue weighted by atomic mass is 10.1. The minimum absolute atomic E-state index is 0.316. The Morgan fingerprint density at radius 1 is 1.14 bits per heavy atom. The summed E-state index contributed by atoms with van der Waals surface area (Å²) in [6, 6.07) is 16.8. The summed E-state index contributed by atoms with van der Waals surface area (Å²) in [6.45, 7) is 2.43. The van der Waals surface area contributed by atoms with Gasteiger partial charge in [-0.2, -0.15) is 5.10 Å². The van der Waals surface area contributed by atoms with Gasteiger partial charge in [-0.3, -0.25) is 9.78 Å². The molecule has 3 aromatic rings. The Morgan fingerprint density at radius 3 is 2.68 bits per heavy atom. The molecule has 0 aliphatic carbocycles. The van der Waals surface area contributed by atoms with Crippen LogP contribution in [0.5, 0.6) is 11.5 Å². The van der Waals surface area contributed by atoms with Gasteiger partial charge in [0.2, 0.25) is 0 Å². The largest absolute Gasteiger partial charge is 0.493 e. The second-order valence-corrected chi connectivity index (χ2v) is 6.09. The minimum atomic E-state index is -0.316. The Kier molecular flexibility index (Phi) is 6.36. The Hall–Kier alpha value is -3.67. The number of amides is 1. The normalized spacial score (nSPS) is 10.6. The molecular weight excluding hydrogens is 354 g/mol. The number of aryl methyl sites for hydroxylation is 1. The van der Waals surface area contributed by atoms with Gasteiger partial charge < -0.3 is 9.47 Å². The maximum absolute atomic E-state index is 12.1. The molecule has 0 unspecified atom stereocenters. The van der Waals surface area contributed by atoms with Crippen LogP contribution in [0.2, 0.25) is 0 Å². The van der Waals surface area contributed by atoms with E-state index >= 15 is 0 Å². The zero-order valence-electron chi connectivity index (χ0n) is 15.8. The number of pyridine rings is 1. The van der Waals surface area contributed by atoms with Crippen LogP contribution in [0, 0.1) is 6.92 Å². The van der Waals surface area contributed by atoms with Crippen molar-refractivity contribution in [3.63, 3.8) is 0 Å². The molecule has 2 aromatic carbocycles. The molecule has 0 spiro atoms. The second kappa shape index (κ2) is 9.32. The monoisotopic (exact) mass is 375 g/mol. The summed E-state index contributed by atoms with van der Waals surface area (Å²) in [5.41, 5.74) is 5.90. The fraction of sp³-hybridized carbons (Fsp3) is 0.136. The number of nitrogens with zero attached hydrogens (tertiary/aromatic N) is 2. The van der Waals surface area contributed by atoms with E-state index < -0.39 is 0 Å². The van der Waals surface area contributed by atoms with Crippen LogP contribution >= 0.6 is 0 Å². The molecule has 1 heterocycles. The summed E-state index contributed by atoms with van der Waals surface area (Å²) < 4.78 is 11.4. The number of hydrogen-bond donors (Lipinski definition) is 1. The van der Waals surface area contributed by atoms with Gasteiger partial charge >= 0.3 is 0 Å². The molecule has 0 aliphatic rings. The van der Waals surface area contributed by atoms with Gasteiger partial charge in [0, 0.05) is 23.5 Å². The molecule has 3 rings (SSSR count). The zero-order chi connectivity index (χ0) is 19.8. The van der Waals surface area contributed by atoms with Crippen LogP contribution in [0.25, 0.3) is 0 Å². The molecule has 0 atom stereocenters. The lowest BCUT2D eigenvalue weighted by Gasteiger charge is -2.13. The lowest BCUT2D eigenvalue weighted by Crippen LogP contribution is -2.17. The van der Waals surface area contributed by atoms with Gasteiger partial charge in [-0.1, -0.05) is 35.9 Å². The van der Waals surface area contributed by atoms with E-state index in [9.17, 15) is 4.79 Å². The van der Waals surface area contributed by atoms with Crippen LogP contribution in [0.1, 0.15) is 27.0 Å². The first-order valence-electron chi connectivity index (χ1n) is 8.76. The van der Waals surface area contributed by atoms with E-state index in [1.54, 1.807) is 31.6 Å². The predicted molar refractivity (Wildman–Crippen MR) is 108 cm³/mol. The van der Waals surface area contributed by atoms with Crippen molar-refractivity contribution in [1.29, 1.82) is 0 Å². The average Bonchev–Trinajstić information content (AvgIpc) is 2.73. The Morgan fingerprint density at radius 2 is 1.93 bits per heavy atom. The molecule has 0 saturated carbocycles. The van der Waals surface area contributed by atoms with Crippen LogP contribution in [-0.4, -0.2) is 24.2 Å². The molecule has 1 aromatic heterocycles. The first-order chi connectivity index (χ1) is 13.7. The topological polar surface area (TPSA) is 72.8 Å². The van der Waals surface area contributed by atoms with E-state index in [-0.39, 0.29) is 5.91 Å². The number of hydrogen-bond acceptors (Lipinski definition) is 5. The molecule has 6 nitrogen and oxygen atoms in total. The molecular formula is C22H21N3O3. The predicted octanol–water partition coefficient (Wildman–Crippen LogP) is 3.74. The highest BCUT2D eigenvalue weighted by Crippen LogP contribution is 2.30. The number of carbonyl (C=O) groups is 1. The van der Waals surface area contributed by atoms with E-state index in [0.717, 1.165) is 5.56 Å².